The molecule has 0 spiro atoms. The van der Waals surface area contributed by atoms with Gasteiger partial charge in [0.1, 0.15) is 5.15 Å². The fourth-order valence-electron chi connectivity index (χ4n) is 1.62. The molecule has 0 amide bonds. The predicted octanol–water partition coefficient (Wildman–Crippen LogP) is 2.24. The number of aromatic nitrogens is 2. The first-order chi connectivity index (χ1) is 7.58. The van der Waals surface area contributed by atoms with Crippen LogP contribution in [-0.4, -0.2) is 20.9 Å². The van der Waals surface area contributed by atoms with E-state index in [4.69, 9.17) is 16.7 Å². The summed E-state index contributed by atoms with van der Waals surface area (Å²) in [4.78, 5) is 10.5. The lowest BCUT2D eigenvalue weighted by Gasteiger charge is -1.98. The van der Waals surface area contributed by atoms with Crippen molar-refractivity contribution in [3.8, 4) is 0 Å². The van der Waals surface area contributed by atoms with Crippen molar-refractivity contribution in [3.63, 3.8) is 0 Å². The Morgan fingerprint density at radius 1 is 1.56 bits per heavy atom. The molecule has 1 heterocycles. The molecule has 0 unspecified atom stereocenters. The maximum Gasteiger partial charge on any atom is 0.303 e. The van der Waals surface area contributed by atoms with E-state index in [0.717, 1.165) is 16.5 Å². The Labute approximate surface area is 97.4 Å². The minimum absolute atomic E-state index is 0.128. The highest BCUT2D eigenvalue weighted by atomic mass is 35.5. The second-order valence-corrected chi connectivity index (χ2v) is 4.02. The third kappa shape index (κ3) is 2.02. The van der Waals surface area contributed by atoms with Gasteiger partial charge in [-0.25, -0.2) is 0 Å². The van der Waals surface area contributed by atoms with Crippen LogP contribution in [0.25, 0.3) is 10.9 Å². The van der Waals surface area contributed by atoms with Crippen molar-refractivity contribution >= 4 is 28.5 Å². The molecular weight excluding hydrogens is 228 g/mol. The SMILES string of the molecule is Cn1nc2ccc(CCC(=O)O)cc2c1Cl. The summed E-state index contributed by atoms with van der Waals surface area (Å²) in [5, 5.41) is 14.3. The van der Waals surface area contributed by atoms with E-state index < -0.39 is 5.97 Å². The number of hydrogen-bond acceptors (Lipinski definition) is 2. The van der Waals surface area contributed by atoms with E-state index in [1.54, 1.807) is 11.7 Å². The summed E-state index contributed by atoms with van der Waals surface area (Å²) in [5.74, 6) is -0.794. The van der Waals surface area contributed by atoms with Crippen molar-refractivity contribution in [2.45, 2.75) is 12.8 Å². The normalized spacial score (nSPS) is 10.9. The van der Waals surface area contributed by atoms with Gasteiger partial charge in [-0.1, -0.05) is 17.7 Å². The highest BCUT2D eigenvalue weighted by Crippen LogP contribution is 2.23. The summed E-state index contributed by atoms with van der Waals surface area (Å²) in [6.07, 6.45) is 0.639. The number of aliphatic carboxylic acids is 1. The van der Waals surface area contributed by atoms with Gasteiger partial charge in [0.05, 0.1) is 5.52 Å². The second-order valence-electron chi connectivity index (χ2n) is 3.66. The molecule has 0 aliphatic heterocycles. The number of benzene rings is 1. The zero-order chi connectivity index (χ0) is 11.7. The first-order valence-corrected chi connectivity index (χ1v) is 5.28. The molecule has 4 nitrogen and oxygen atoms in total. The van der Waals surface area contributed by atoms with E-state index in [2.05, 4.69) is 5.10 Å². The molecule has 1 N–H and O–H groups in total. The van der Waals surface area contributed by atoms with Crippen molar-refractivity contribution in [2.24, 2.45) is 7.05 Å². The van der Waals surface area contributed by atoms with Crippen LogP contribution in [-0.2, 0) is 18.3 Å². The van der Waals surface area contributed by atoms with Crippen LogP contribution in [0.3, 0.4) is 0 Å². The number of hydrogen-bond donors (Lipinski definition) is 1. The molecule has 0 fully saturated rings. The molecule has 0 radical (unpaired) electrons. The summed E-state index contributed by atoms with van der Waals surface area (Å²) in [5.41, 5.74) is 1.79. The molecule has 1 aromatic carbocycles. The number of carboxylic acid groups (broad SMARTS) is 1. The number of aryl methyl sites for hydroxylation is 2. The molecule has 2 aromatic rings. The number of halogens is 1. The van der Waals surface area contributed by atoms with E-state index in [-0.39, 0.29) is 6.42 Å². The van der Waals surface area contributed by atoms with Gasteiger partial charge in [-0.05, 0) is 24.1 Å². The number of fused-ring (bicyclic) bond motifs is 1. The van der Waals surface area contributed by atoms with Crippen LogP contribution in [0.15, 0.2) is 18.2 Å². The molecule has 1 aromatic heterocycles. The molecule has 0 saturated heterocycles. The Morgan fingerprint density at radius 3 is 3.00 bits per heavy atom. The zero-order valence-corrected chi connectivity index (χ0v) is 9.53. The molecule has 2 rings (SSSR count). The molecular formula is C11H11ClN2O2. The largest absolute Gasteiger partial charge is 0.481 e. The lowest BCUT2D eigenvalue weighted by Crippen LogP contribution is -1.97. The van der Waals surface area contributed by atoms with Crippen molar-refractivity contribution in [3.05, 3.63) is 28.9 Å². The average molecular weight is 239 g/mol. The van der Waals surface area contributed by atoms with E-state index >= 15 is 0 Å². The highest BCUT2D eigenvalue weighted by Gasteiger charge is 2.07. The molecule has 5 heteroatoms. The van der Waals surface area contributed by atoms with Gasteiger partial charge in [0.25, 0.3) is 0 Å². The quantitative estimate of drug-likeness (QED) is 0.892. The van der Waals surface area contributed by atoms with Gasteiger partial charge in [-0.3, -0.25) is 9.48 Å². The van der Waals surface area contributed by atoms with Gasteiger partial charge in [-0.15, -0.1) is 0 Å². The maximum absolute atomic E-state index is 10.5. The van der Waals surface area contributed by atoms with Crippen molar-refractivity contribution in [2.75, 3.05) is 0 Å². The summed E-state index contributed by atoms with van der Waals surface area (Å²) >= 11 is 6.06. The Kier molecular flexibility index (Phi) is 2.83. The van der Waals surface area contributed by atoms with Crippen LogP contribution in [0.5, 0.6) is 0 Å². The Hall–Kier alpha value is -1.55. The number of rotatable bonds is 3. The zero-order valence-electron chi connectivity index (χ0n) is 8.77. The third-order valence-corrected chi connectivity index (χ3v) is 2.90. The molecule has 0 aliphatic rings. The molecule has 0 bridgehead atoms. The number of carboxylic acids is 1. The molecule has 0 atom stereocenters. The Balaban J connectivity index is 2.35. The van der Waals surface area contributed by atoms with Crippen molar-refractivity contribution in [1.29, 1.82) is 0 Å². The topological polar surface area (TPSA) is 55.1 Å². The van der Waals surface area contributed by atoms with Crippen LogP contribution >= 0.6 is 11.6 Å². The van der Waals surface area contributed by atoms with E-state index in [9.17, 15) is 4.79 Å². The van der Waals surface area contributed by atoms with E-state index in [1.165, 1.54) is 0 Å². The van der Waals surface area contributed by atoms with E-state index in [0.29, 0.717) is 11.6 Å². The van der Waals surface area contributed by atoms with Crippen molar-refractivity contribution < 1.29 is 9.90 Å². The fraction of sp³-hybridized carbons (Fsp3) is 0.273. The Bertz CT molecular complexity index is 548. The molecule has 16 heavy (non-hydrogen) atoms. The van der Waals surface area contributed by atoms with Gasteiger partial charge in [0.15, 0.2) is 0 Å². The summed E-state index contributed by atoms with van der Waals surface area (Å²) in [6.45, 7) is 0. The van der Waals surface area contributed by atoms with Gasteiger partial charge < -0.3 is 5.11 Å². The Morgan fingerprint density at radius 2 is 2.31 bits per heavy atom. The van der Waals surface area contributed by atoms with Crippen LogP contribution in [0.1, 0.15) is 12.0 Å². The smallest absolute Gasteiger partial charge is 0.303 e. The lowest BCUT2D eigenvalue weighted by molar-refractivity contribution is -0.136. The number of nitrogens with zero attached hydrogens (tertiary/aromatic N) is 2. The van der Waals surface area contributed by atoms with Gasteiger partial charge in [0, 0.05) is 18.9 Å². The lowest BCUT2D eigenvalue weighted by atomic mass is 10.1. The number of carbonyl (C=O) groups is 1. The van der Waals surface area contributed by atoms with Gasteiger partial charge in [0.2, 0.25) is 0 Å². The molecule has 0 aliphatic carbocycles. The highest BCUT2D eigenvalue weighted by molar-refractivity contribution is 6.34. The molecule has 84 valence electrons. The second kappa shape index (κ2) is 4.14. The standard InChI is InChI=1S/C11H11ClN2O2/c1-14-11(12)8-6-7(3-5-10(15)16)2-4-9(8)13-14/h2,4,6H,3,5H2,1H3,(H,15,16). The monoisotopic (exact) mass is 238 g/mol. The van der Waals surface area contributed by atoms with Crippen molar-refractivity contribution in [1.82, 2.24) is 9.78 Å². The first kappa shape index (κ1) is 11.0. The van der Waals surface area contributed by atoms with Crippen LogP contribution in [0.4, 0.5) is 0 Å². The summed E-state index contributed by atoms with van der Waals surface area (Å²) in [7, 11) is 1.78. The van der Waals surface area contributed by atoms with Gasteiger partial charge in [-0.2, -0.15) is 5.10 Å². The maximum atomic E-state index is 10.5. The minimum atomic E-state index is -0.794. The first-order valence-electron chi connectivity index (χ1n) is 4.91. The van der Waals surface area contributed by atoms with E-state index in [1.807, 2.05) is 18.2 Å². The van der Waals surface area contributed by atoms with Crippen LogP contribution in [0, 0.1) is 0 Å². The molecule has 0 saturated carbocycles. The minimum Gasteiger partial charge on any atom is -0.481 e. The summed E-state index contributed by atoms with van der Waals surface area (Å²) < 4.78 is 1.60. The van der Waals surface area contributed by atoms with Crippen LogP contribution < -0.4 is 0 Å². The predicted molar refractivity (Wildman–Crippen MR) is 61.7 cm³/mol. The van der Waals surface area contributed by atoms with Gasteiger partial charge >= 0.3 is 5.97 Å². The summed E-state index contributed by atoms with van der Waals surface area (Å²) in [6, 6.07) is 5.64. The van der Waals surface area contributed by atoms with Crippen LogP contribution in [0.2, 0.25) is 5.15 Å². The fourth-order valence-corrected chi connectivity index (χ4v) is 1.81. The third-order valence-electron chi connectivity index (χ3n) is 2.45. The average Bonchev–Trinajstić information content (AvgIpc) is 2.52.